The minimum absolute atomic E-state index is 0.0407. The van der Waals surface area contributed by atoms with Crippen LogP contribution in [-0.4, -0.2) is 30.0 Å². The fourth-order valence-corrected chi connectivity index (χ4v) is 5.16. The maximum atomic E-state index is 13.5. The Balaban J connectivity index is 1.81. The number of aromatic nitrogens is 2. The van der Waals surface area contributed by atoms with Crippen LogP contribution in [0.25, 0.3) is 33.3 Å². The second kappa shape index (κ2) is 7.65. The van der Waals surface area contributed by atoms with E-state index in [4.69, 9.17) is 9.15 Å². The normalized spacial score (nSPS) is 11.8. The van der Waals surface area contributed by atoms with Crippen molar-refractivity contribution in [3.05, 3.63) is 84.7 Å². The average Bonchev–Trinajstić information content (AvgIpc) is 3.42. The highest BCUT2D eigenvalue weighted by Gasteiger charge is 2.29. The lowest BCUT2D eigenvalue weighted by Crippen LogP contribution is -2.20. The highest BCUT2D eigenvalue weighted by Crippen LogP contribution is 2.35. The number of carbonyl (C=O) groups excluding carboxylic acids is 1. The van der Waals surface area contributed by atoms with Gasteiger partial charge in [-0.15, -0.1) is 0 Å². The van der Waals surface area contributed by atoms with E-state index in [9.17, 15) is 13.2 Å². The summed E-state index contributed by atoms with van der Waals surface area (Å²) in [7, 11) is -4.12. The van der Waals surface area contributed by atoms with E-state index < -0.39 is 16.0 Å². The van der Waals surface area contributed by atoms with Gasteiger partial charge in [-0.25, -0.2) is 22.2 Å². The number of fused-ring (bicyclic) bond motifs is 2. The number of pyridine rings is 1. The maximum absolute atomic E-state index is 13.5. The van der Waals surface area contributed by atoms with Crippen molar-refractivity contribution >= 4 is 38.0 Å². The quantitative estimate of drug-likeness (QED) is 0.358. The summed E-state index contributed by atoms with van der Waals surface area (Å²) in [4.78, 5) is 17.1. The molecule has 32 heavy (non-hydrogen) atoms. The second-order valence-electron chi connectivity index (χ2n) is 7.08. The van der Waals surface area contributed by atoms with Crippen LogP contribution in [0.3, 0.4) is 0 Å². The molecule has 0 N–H and O–H groups in total. The van der Waals surface area contributed by atoms with Gasteiger partial charge in [0.25, 0.3) is 10.0 Å². The van der Waals surface area contributed by atoms with Gasteiger partial charge >= 0.3 is 5.97 Å². The number of nitrogens with zero attached hydrogens (tertiary/aromatic N) is 2. The smallest absolute Gasteiger partial charge is 0.356 e. The number of para-hydroxylation sites is 1. The van der Waals surface area contributed by atoms with Crippen LogP contribution in [0, 0.1) is 0 Å². The first kappa shape index (κ1) is 20.0. The van der Waals surface area contributed by atoms with E-state index >= 15 is 0 Å². The van der Waals surface area contributed by atoms with Crippen molar-refractivity contribution in [3.8, 4) is 11.3 Å². The highest BCUT2D eigenvalue weighted by atomic mass is 32.2. The lowest BCUT2D eigenvalue weighted by molar-refractivity contribution is 0.0518. The van der Waals surface area contributed by atoms with Gasteiger partial charge in [0, 0.05) is 22.5 Å². The predicted molar refractivity (Wildman–Crippen MR) is 120 cm³/mol. The van der Waals surface area contributed by atoms with Gasteiger partial charge in [-0.3, -0.25) is 0 Å². The molecule has 0 saturated carbocycles. The minimum atomic E-state index is -4.12. The van der Waals surface area contributed by atoms with Crippen molar-refractivity contribution in [3.63, 3.8) is 0 Å². The van der Waals surface area contributed by atoms with Crippen molar-refractivity contribution < 1.29 is 22.4 Å². The number of hydrogen-bond acceptors (Lipinski definition) is 6. The molecule has 0 saturated heterocycles. The van der Waals surface area contributed by atoms with Crippen LogP contribution in [0.5, 0.6) is 0 Å². The van der Waals surface area contributed by atoms with E-state index in [1.54, 1.807) is 31.2 Å². The zero-order valence-corrected chi connectivity index (χ0v) is 17.9. The van der Waals surface area contributed by atoms with Crippen molar-refractivity contribution in [2.45, 2.75) is 11.8 Å². The summed E-state index contributed by atoms with van der Waals surface area (Å²) >= 11 is 0. The number of hydrogen-bond donors (Lipinski definition) is 0. The summed E-state index contributed by atoms with van der Waals surface area (Å²) in [6.07, 6.45) is 1.50. The number of benzene rings is 2. The van der Waals surface area contributed by atoms with Crippen LogP contribution >= 0.6 is 0 Å². The predicted octanol–water partition coefficient (Wildman–Crippen LogP) is 4.86. The van der Waals surface area contributed by atoms with Gasteiger partial charge in [0.2, 0.25) is 0 Å². The third kappa shape index (κ3) is 3.16. The molecule has 3 aromatic heterocycles. The van der Waals surface area contributed by atoms with Crippen LogP contribution in [0.1, 0.15) is 17.4 Å². The van der Waals surface area contributed by atoms with E-state index in [-0.39, 0.29) is 22.8 Å². The summed E-state index contributed by atoms with van der Waals surface area (Å²) in [5.74, 6) is -0.205. The minimum Gasteiger partial charge on any atom is -0.461 e. The molecule has 0 spiro atoms. The number of ether oxygens (including phenoxy) is 1. The van der Waals surface area contributed by atoms with Gasteiger partial charge in [0.05, 0.1) is 11.5 Å². The molecule has 0 radical (unpaired) electrons. The van der Waals surface area contributed by atoms with Gasteiger partial charge < -0.3 is 9.15 Å². The molecule has 160 valence electrons. The van der Waals surface area contributed by atoms with E-state index in [2.05, 4.69) is 4.98 Å². The topological polar surface area (TPSA) is 91.4 Å². The van der Waals surface area contributed by atoms with Crippen LogP contribution in [-0.2, 0) is 14.8 Å². The summed E-state index contributed by atoms with van der Waals surface area (Å²) < 4.78 is 39.1. The summed E-state index contributed by atoms with van der Waals surface area (Å²) in [5.41, 5.74) is 1.32. The molecule has 5 aromatic rings. The first-order chi connectivity index (χ1) is 15.5. The molecule has 8 heteroatoms. The molecular formula is C24H18N2O5S. The van der Waals surface area contributed by atoms with E-state index in [1.165, 1.54) is 24.4 Å². The fraction of sp³-hybridized carbons (Fsp3) is 0.0833. The van der Waals surface area contributed by atoms with Gasteiger partial charge in [-0.1, -0.05) is 36.4 Å². The number of rotatable bonds is 5. The standard InChI is InChI=1S/C24H18N2O5S/c1-2-30-24(27)20-15-19-18(22-14-16-8-6-7-11-21(16)31-22)12-13-25-23(19)26(20)32(28,29)17-9-4-3-5-10-17/h3-15H,2H2,1H3. The Bertz CT molecular complexity index is 1530. The van der Waals surface area contributed by atoms with Crippen LogP contribution in [0.2, 0.25) is 0 Å². The Morgan fingerprint density at radius 2 is 1.78 bits per heavy atom. The Hall–Kier alpha value is -3.91. The zero-order valence-electron chi connectivity index (χ0n) is 17.1. The fourth-order valence-electron chi connectivity index (χ4n) is 3.69. The monoisotopic (exact) mass is 446 g/mol. The van der Waals surface area contributed by atoms with Crippen molar-refractivity contribution in [2.24, 2.45) is 0 Å². The summed E-state index contributed by atoms with van der Waals surface area (Å²) in [5, 5.41) is 1.38. The number of furan rings is 1. The first-order valence-corrected chi connectivity index (χ1v) is 11.4. The maximum Gasteiger partial charge on any atom is 0.356 e. The molecule has 3 heterocycles. The molecule has 0 aliphatic heterocycles. The molecule has 2 aromatic carbocycles. The largest absolute Gasteiger partial charge is 0.461 e. The SMILES string of the molecule is CCOC(=O)c1cc2c(-c3cc4ccccc4o3)ccnc2n1S(=O)(=O)c1ccccc1. The van der Waals surface area contributed by atoms with Crippen LogP contribution in [0.4, 0.5) is 0 Å². The van der Waals surface area contributed by atoms with E-state index in [0.717, 1.165) is 9.36 Å². The molecule has 0 aliphatic carbocycles. The van der Waals surface area contributed by atoms with Gasteiger partial charge in [0.15, 0.2) is 5.65 Å². The van der Waals surface area contributed by atoms with Crippen molar-refractivity contribution in [1.82, 2.24) is 8.96 Å². The number of esters is 1. The zero-order chi connectivity index (χ0) is 22.3. The Kier molecular flexibility index (Phi) is 4.79. The molecular weight excluding hydrogens is 428 g/mol. The van der Waals surface area contributed by atoms with Gasteiger partial charge in [-0.05, 0) is 43.3 Å². The molecule has 0 unspecified atom stereocenters. The van der Waals surface area contributed by atoms with Gasteiger partial charge in [-0.2, -0.15) is 0 Å². The Morgan fingerprint density at radius 3 is 2.53 bits per heavy atom. The molecule has 0 bridgehead atoms. The highest BCUT2D eigenvalue weighted by molar-refractivity contribution is 7.90. The van der Waals surface area contributed by atoms with Gasteiger partial charge in [0.1, 0.15) is 17.0 Å². The second-order valence-corrected chi connectivity index (χ2v) is 8.86. The lowest BCUT2D eigenvalue weighted by Gasteiger charge is -2.11. The van der Waals surface area contributed by atoms with Crippen molar-refractivity contribution in [2.75, 3.05) is 6.61 Å². The summed E-state index contributed by atoms with van der Waals surface area (Å²) in [6, 6.07) is 20.6. The van der Waals surface area contributed by atoms with Crippen LogP contribution in [0.15, 0.2) is 88.3 Å². The Labute approximate surface area is 183 Å². The molecule has 0 fully saturated rings. The van der Waals surface area contributed by atoms with Crippen molar-refractivity contribution in [1.29, 1.82) is 0 Å². The lowest BCUT2D eigenvalue weighted by atomic mass is 10.1. The summed E-state index contributed by atoms with van der Waals surface area (Å²) in [6.45, 7) is 1.77. The van der Waals surface area contributed by atoms with E-state index in [0.29, 0.717) is 22.3 Å². The van der Waals surface area contributed by atoms with E-state index in [1.807, 2.05) is 30.3 Å². The third-order valence-electron chi connectivity index (χ3n) is 5.12. The number of carbonyl (C=O) groups is 1. The molecule has 7 nitrogen and oxygen atoms in total. The third-order valence-corrected chi connectivity index (χ3v) is 6.84. The molecule has 0 aliphatic rings. The molecule has 0 atom stereocenters. The molecule has 0 amide bonds. The average molecular weight is 446 g/mol. The first-order valence-electron chi connectivity index (χ1n) is 9.98. The Morgan fingerprint density at radius 1 is 1.03 bits per heavy atom. The molecule has 5 rings (SSSR count). The van der Waals surface area contributed by atoms with Crippen LogP contribution < -0.4 is 0 Å².